The molecule has 0 N–H and O–H groups in total. The number of hydrogen-bond donors (Lipinski definition) is 0. The molecule has 0 spiro atoms. The molecule has 1 nitrogen and oxygen atoms in total. The fourth-order valence-electron chi connectivity index (χ4n) is 10.1. The van der Waals surface area contributed by atoms with Crippen molar-refractivity contribution in [3.63, 3.8) is 0 Å². The molecular weight excluding hydrogens is 555 g/mol. The molecule has 2 aromatic carbocycles. The largest absolute Gasteiger partial charge is 0.341 e. The number of rotatable bonds is 10. The second-order valence-electron chi connectivity index (χ2n) is 15.9. The minimum Gasteiger partial charge on any atom is -0.341 e. The number of anilines is 1. The Morgan fingerprint density at radius 3 is 2.39 bits per heavy atom. The third-order valence-corrected chi connectivity index (χ3v) is 12.5. The second-order valence-corrected chi connectivity index (χ2v) is 15.9. The molecule has 6 rings (SSSR count). The monoisotopic (exact) mass is 615 g/mol. The van der Waals surface area contributed by atoms with Crippen LogP contribution in [0.5, 0.6) is 0 Å². The first-order valence-corrected chi connectivity index (χ1v) is 19.0. The van der Waals surface area contributed by atoms with Gasteiger partial charge in [-0.1, -0.05) is 132 Å². The first-order valence-electron chi connectivity index (χ1n) is 19.0. The fraction of sp³-hybridized carbons (Fsp3) is 0.556. The Hall–Kier alpha value is -2.80. The predicted octanol–water partition coefficient (Wildman–Crippen LogP) is 12.8. The van der Waals surface area contributed by atoms with Crippen LogP contribution in [-0.2, 0) is 0 Å². The third kappa shape index (κ3) is 6.50. The molecule has 2 fully saturated rings. The Kier molecular flexibility index (Phi) is 10.5. The highest BCUT2D eigenvalue weighted by Crippen LogP contribution is 2.59. The number of allylic oxidation sites excluding steroid dienone is 5. The van der Waals surface area contributed by atoms with E-state index in [1.807, 2.05) is 11.6 Å². The first kappa shape index (κ1) is 33.1. The molecular formula is C45H61N. The van der Waals surface area contributed by atoms with Crippen LogP contribution in [0.3, 0.4) is 0 Å². The maximum absolute atomic E-state index is 4.06. The van der Waals surface area contributed by atoms with Crippen LogP contribution >= 0.6 is 0 Å². The van der Waals surface area contributed by atoms with Crippen LogP contribution in [0.2, 0.25) is 0 Å². The summed E-state index contributed by atoms with van der Waals surface area (Å²) >= 11 is 0. The summed E-state index contributed by atoms with van der Waals surface area (Å²) in [6, 6.07) is 22.1. The molecule has 8 atom stereocenters. The van der Waals surface area contributed by atoms with Crippen molar-refractivity contribution < 1.29 is 0 Å². The maximum Gasteiger partial charge on any atom is 0.0411 e. The maximum atomic E-state index is 4.06. The van der Waals surface area contributed by atoms with E-state index in [1.165, 1.54) is 81.0 Å². The first-order chi connectivity index (χ1) is 22.3. The van der Waals surface area contributed by atoms with Crippen molar-refractivity contribution in [1.82, 2.24) is 0 Å². The lowest BCUT2D eigenvalue weighted by molar-refractivity contribution is 0.166. The molecule has 0 bridgehead atoms. The number of fused-ring (bicyclic) bond motifs is 2. The van der Waals surface area contributed by atoms with Gasteiger partial charge in [0.25, 0.3) is 0 Å². The zero-order chi connectivity index (χ0) is 32.4. The number of unbranched alkanes of at least 4 members (excludes halogenated alkanes) is 1. The van der Waals surface area contributed by atoms with Crippen molar-refractivity contribution in [3.8, 4) is 0 Å². The molecule has 1 aliphatic heterocycles. The van der Waals surface area contributed by atoms with Crippen molar-refractivity contribution in [1.29, 1.82) is 0 Å². The SMILES string of the molecule is C=C/C(C)=C\C1C=C(C(CCCC)C(C)C)N(c2ccc(C3C4CC(C)CCC4=C(c4ccccc4)C4CCCCC43)cc2)[C@@H]1C. The quantitative estimate of drug-likeness (QED) is 0.240. The predicted molar refractivity (Wildman–Crippen MR) is 200 cm³/mol. The average Bonchev–Trinajstić information content (AvgIpc) is 3.38. The highest BCUT2D eigenvalue weighted by Gasteiger charge is 2.47. The van der Waals surface area contributed by atoms with Crippen LogP contribution in [0.25, 0.3) is 5.57 Å². The fourth-order valence-corrected chi connectivity index (χ4v) is 10.1. The van der Waals surface area contributed by atoms with Gasteiger partial charge in [0.2, 0.25) is 0 Å². The topological polar surface area (TPSA) is 3.24 Å². The summed E-state index contributed by atoms with van der Waals surface area (Å²) in [6.07, 6.45) is 20.4. The molecule has 0 saturated heterocycles. The van der Waals surface area contributed by atoms with Gasteiger partial charge in [-0.05, 0) is 117 Å². The van der Waals surface area contributed by atoms with E-state index in [4.69, 9.17) is 0 Å². The van der Waals surface area contributed by atoms with E-state index in [-0.39, 0.29) is 0 Å². The number of benzene rings is 2. The van der Waals surface area contributed by atoms with Gasteiger partial charge in [-0.15, -0.1) is 0 Å². The Morgan fingerprint density at radius 2 is 1.70 bits per heavy atom. The zero-order valence-corrected chi connectivity index (χ0v) is 29.8. The van der Waals surface area contributed by atoms with E-state index in [1.54, 1.807) is 16.8 Å². The van der Waals surface area contributed by atoms with Crippen molar-refractivity contribution in [2.45, 2.75) is 118 Å². The summed E-state index contributed by atoms with van der Waals surface area (Å²) in [5.74, 6) is 5.22. The van der Waals surface area contributed by atoms with Crippen LogP contribution in [0.1, 0.15) is 123 Å². The Labute approximate surface area is 282 Å². The van der Waals surface area contributed by atoms with Crippen LogP contribution in [-0.4, -0.2) is 6.04 Å². The van der Waals surface area contributed by atoms with Crippen molar-refractivity contribution >= 4 is 11.3 Å². The molecule has 0 aromatic heterocycles. The summed E-state index contributed by atoms with van der Waals surface area (Å²) < 4.78 is 0. The molecule has 4 aliphatic rings. The van der Waals surface area contributed by atoms with Gasteiger partial charge in [0.05, 0.1) is 0 Å². The van der Waals surface area contributed by atoms with E-state index >= 15 is 0 Å². The molecule has 246 valence electrons. The molecule has 1 heteroatoms. The summed E-state index contributed by atoms with van der Waals surface area (Å²) in [5.41, 5.74) is 10.9. The number of nitrogens with zero attached hydrogens (tertiary/aromatic N) is 1. The average molecular weight is 616 g/mol. The van der Waals surface area contributed by atoms with E-state index in [9.17, 15) is 0 Å². The van der Waals surface area contributed by atoms with Gasteiger partial charge in [0, 0.05) is 29.3 Å². The van der Waals surface area contributed by atoms with Crippen molar-refractivity contribution in [2.24, 2.45) is 41.4 Å². The summed E-state index contributed by atoms with van der Waals surface area (Å²) in [7, 11) is 0. The molecule has 1 heterocycles. The van der Waals surface area contributed by atoms with Gasteiger partial charge in [0.15, 0.2) is 0 Å². The summed E-state index contributed by atoms with van der Waals surface area (Å²) in [4.78, 5) is 2.72. The van der Waals surface area contributed by atoms with Crippen molar-refractivity contribution in [3.05, 3.63) is 107 Å². The van der Waals surface area contributed by atoms with Gasteiger partial charge >= 0.3 is 0 Å². The standard InChI is InChI=1S/C45H61N/c1-8-10-18-38(30(3)4)43-29-36(27-31(5)9-2)33(7)46(43)37-24-22-35(23-25-37)45-40-20-15-14-19-39(40)44(34-16-12-11-13-17-34)41-26-21-32(6)28-42(41)45/h9,11-13,16-17,22-25,27,29-30,32-33,36,38-40,42,45H,2,8,10,14-15,18-21,26,28H2,1,3-7H3/b31-27-/t32?,33-,36?,38?,39?,40?,42?,45?/m1/s1. The molecule has 2 saturated carbocycles. The normalized spacial score (nSPS) is 30.6. The molecule has 0 radical (unpaired) electrons. The Morgan fingerprint density at radius 1 is 0.957 bits per heavy atom. The van der Waals surface area contributed by atoms with Gasteiger partial charge in [0.1, 0.15) is 0 Å². The van der Waals surface area contributed by atoms with E-state index in [0.29, 0.717) is 41.5 Å². The van der Waals surface area contributed by atoms with Crippen molar-refractivity contribution in [2.75, 3.05) is 4.90 Å². The van der Waals surface area contributed by atoms with Gasteiger partial charge < -0.3 is 4.90 Å². The lowest BCUT2D eigenvalue weighted by Crippen LogP contribution is -2.39. The van der Waals surface area contributed by atoms with Crippen LogP contribution < -0.4 is 4.90 Å². The van der Waals surface area contributed by atoms with Gasteiger partial charge in [-0.25, -0.2) is 0 Å². The van der Waals surface area contributed by atoms with E-state index in [2.05, 4.69) is 120 Å². The molecule has 0 amide bonds. The summed E-state index contributed by atoms with van der Waals surface area (Å²) in [6.45, 7) is 18.4. The minimum atomic E-state index is 0.401. The Balaban J connectivity index is 1.38. The number of hydrogen-bond acceptors (Lipinski definition) is 1. The molecule has 3 aliphatic carbocycles. The highest BCUT2D eigenvalue weighted by atomic mass is 15.2. The Bertz CT molecular complexity index is 1420. The molecule has 2 aromatic rings. The van der Waals surface area contributed by atoms with E-state index in [0.717, 1.165) is 11.8 Å². The molecule has 7 unspecified atom stereocenters. The zero-order valence-electron chi connectivity index (χ0n) is 29.8. The minimum absolute atomic E-state index is 0.401. The summed E-state index contributed by atoms with van der Waals surface area (Å²) in [5, 5.41) is 0. The molecule has 46 heavy (non-hydrogen) atoms. The smallest absolute Gasteiger partial charge is 0.0411 e. The van der Waals surface area contributed by atoms with E-state index < -0.39 is 0 Å². The highest BCUT2D eigenvalue weighted by molar-refractivity contribution is 5.73. The van der Waals surface area contributed by atoms with Gasteiger partial charge in [-0.2, -0.15) is 0 Å². The van der Waals surface area contributed by atoms with Crippen LogP contribution in [0.15, 0.2) is 96.2 Å². The van der Waals surface area contributed by atoms with Gasteiger partial charge in [-0.3, -0.25) is 0 Å². The lowest BCUT2D eigenvalue weighted by atomic mass is 9.53. The third-order valence-electron chi connectivity index (χ3n) is 12.5. The second kappa shape index (κ2) is 14.5. The van der Waals surface area contributed by atoms with Crippen LogP contribution in [0.4, 0.5) is 5.69 Å². The lowest BCUT2D eigenvalue weighted by Gasteiger charge is -2.51. The van der Waals surface area contributed by atoms with Crippen LogP contribution in [0, 0.1) is 41.4 Å².